The van der Waals surface area contributed by atoms with E-state index in [1.807, 2.05) is 30.3 Å². The Bertz CT molecular complexity index is 714. The van der Waals surface area contributed by atoms with Crippen LogP contribution in [-0.4, -0.2) is 19.5 Å². The van der Waals surface area contributed by atoms with Crippen LogP contribution in [0.2, 0.25) is 0 Å². The monoisotopic (exact) mass is 309 g/mol. The lowest BCUT2D eigenvalue weighted by Crippen LogP contribution is -2.12. The number of ketones is 1. The van der Waals surface area contributed by atoms with E-state index in [-0.39, 0.29) is 12.4 Å². The van der Waals surface area contributed by atoms with Gasteiger partial charge in [0.1, 0.15) is 0 Å². The van der Waals surface area contributed by atoms with Crippen molar-refractivity contribution in [3.63, 3.8) is 0 Å². The summed E-state index contributed by atoms with van der Waals surface area (Å²) in [5.41, 5.74) is 2.32. The van der Waals surface area contributed by atoms with E-state index >= 15 is 0 Å². The van der Waals surface area contributed by atoms with Gasteiger partial charge in [-0.3, -0.25) is 4.79 Å². The lowest BCUT2D eigenvalue weighted by molar-refractivity contribution is 0.0919. The van der Waals surface area contributed by atoms with E-state index in [1.54, 1.807) is 18.2 Å². The maximum Gasteiger partial charge on any atom is 0.200 e. The minimum Gasteiger partial charge on any atom is -0.493 e. The first-order chi connectivity index (χ1) is 11.2. The van der Waals surface area contributed by atoms with E-state index in [9.17, 15) is 4.79 Å². The van der Waals surface area contributed by atoms with Crippen molar-refractivity contribution in [2.45, 2.75) is 19.8 Å². The highest BCUT2D eigenvalue weighted by atomic mass is 16.5. The van der Waals surface area contributed by atoms with Crippen LogP contribution in [0.5, 0.6) is 11.5 Å². The Morgan fingerprint density at radius 3 is 2.48 bits per heavy atom. The van der Waals surface area contributed by atoms with Crippen molar-refractivity contribution in [3.8, 4) is 17.6 Å². The molecular weight excluding hydrogens is 290 g/mol. The van der Waals surface area contributed by atoms with Crippen LogP contribution in [0, 0.1) is 11.3 Å². The molecule has 0 aromatic heterocycles. The van der Waals surface area contributed by atoms with Crippen LogP contribution in [-0.2, 0) is 6.42 Å². The molecule has 2 aromatic rings. The van der Waals surface area contributed by atoms with E-state index in [0.717, 1.165) is 12.8 Å². The van der Waals surface area contributed by atoms with Crippen LogP contribution in [0.1, 0.15) is 34.8 Å². The van der Waals surface area contributed by atoms with Crippen molar-refractivity contribution < 1.29 is 14.3 Å². The van der Waals surface area contributed by atoms with Crippen LogP contribution in [0.15, 0.2) is 42.5 Å². The smallest absolute Gasteiger partial charge is 0.200 e. The molecule has 23 heavy (non-hydrogen) atoms. The summed E-state index contributed by atoms with van der Waals surface area (Å²) in [7, 11) is 1.50. The van der Waals surface area contributed by atoms with Crippen LogP contribution < -0.4 is 9.47 Å². The van der Waals surface area contributed by atoms with Crippen LogP contribution >= 0.6 is 0 Å². The molecule has 0 saturated carbocycles. The third-order valence-electron chi connectivity index (χ3n) is 3.47. The van der Waals surface area contributed by atoms with Gasteiger partial charge in [0.05, 0.1) is 18.7 Å². The second kappa shape index (κ2) is 8.00. The first-order valence-corrected chi connectivity index (χ1v) is 7.51. The molecule has 0 fully saturated rings. The highest BCUT2D eigenvalue weighted by molar-refractivity contribution is 5.97. The van der Waals surface area contributed by atoms with E-state index < -0.39 is 0 Å². The molecule has 0 spiro atoms. The maximum atomic E-state index is 12.2. The molecular formula is C19H19NO3. The summed E-state index contributed by atoms with van der Waals surface area (Å²) in [5, 5.41) is 8.88. The average Bonchev–Trinajstić information content (AvgIpc) is 2.60. The van der Waals surface area contributed by atoms with Gasteiger partial charge in [0.15, 0.2) is 23.9 Å². The number of methoxy groups -OCH3 is 1. The molecule has 0 aliphatic rings. The minimum absolute atomic E-state index is 0.0740. The topological polar surface area (TPSA) is 59.3 Å². The Kier molecular flexibility index (Phi) is 5.76. The van der Waals surface area contributed by atoms with Crippen molar-refractivity contribution >= 4 is 5.78 Å². The summed E-state index contributed by atoms with van der Waals surface area (Å²) >= 11 is 0. The third-order valence-corrected chi connectivity index (χ3v) is 3.47. The molecule has 0 amide bonds. The van der Waals surface area contributed by atoms with Gasteiger partial charge in [-0.2, -0.15) is 5.26 Å². The number of Topliss-reactive ketones (excluding diaryl/α,β-unsaturated/α-hetero) is 1. The lowest BCUT2D eigenvalue weighted by Gasteiger charge is -2.10. The van der Waals surface area contributed by atoms with E-state index in [2.05, 4.69) is 6.92 Å². The van der Waals surface area contributed by atoms with Gasteiger partial charge >= 0.3 is 0 Å². The molecule has 0 atom stereocenters. The standard InChI is InChI=1S/C19H19NO3/c1-3-4-14-5-8-16(9-6-14)17(21)13-23-18-10-7-15(12-20)11-19(18)22-2/h5-11H,3-4,13H2,1-2H3. The normalized spacial score (nSPS) is 9.96. The van der Waals surface area contributed by atoms with Gasteiger partial charge in [0.2, 0.25) is 0 Å². The summed E-state index contributed by atoms with van der Waals surface area (Å²) in [6.45, 7) is 2.05. The number of benzene rings is 2. The Morgan fingerprint density at radius 2 is 1.87 bits per heavy atom. The molecule has 0 radical (unpaired) electrons. The molecule has 0 saturated heterocycles. The molecule has 118 valence electrons. The van der Waals surface area contributed by atoms with Gasteiger partial charge in [0.25, 0.3) is 0 Å². The number of nitrogens with zero attached hydrogens (tertiary/aromatic N) is 1. The van der Waals surface area contributed by atoms with Crippen molar-refractivity contribution in [2.75, 3.05) is 13.7 Å². The van der Waals surface area contributed by atoms with Crippen LogP contribution in [0.3, 0.4) is 0 Å². The molecule has 0 aliphatic heterocycles. The lowest BCUT2D eigenvalue weighted by atomic mass is 10.1. The highest BCUT2D eigenvalue weighted by Crippen LogP contribution is 2.27. The molecule has 0 bridgehead atoms. The number of aryl methyl sites for hydroxylation is 1. The Labute approximate surface area is 136 Å². The van der Waals surface area contributed by atoms with Crippen molar-refractivity contribution in [2.24, 2.45) is 0 Å². The summed E-state index contributed by atoms with van der Waals surface area (Å²) in [6, 6.07) is 14.5. The summed E-state index contributed by atoms with van der Waals surface area (Å²) in [4.78, 5) is 12.2. The van der Waals surface area contributed by atoms with Gasteiger partial charge in [-0.25, -0.2) is 0 Å². The molecule has 0 heterocycles. The predicted molar refractivity (Wildman–Crippen MR) is 88.0 cm³/mol. The summed E-state index contributed by atoms with van der Waals surface area (Å²) < 4.78 is 10.7. The number of carbonyl (C=O) groups excluding carboxylic acids is 1. The second-order valence-corrected chi connectivity index (χ2v) is 5.14. The molecule has 0 unspecified atom stereocenters. The van der Waals surface area contributed by atoms with Crippen LogP contribution in [0.25, 0.3) is 0 Å². The fourth-order valence-electron chi connectivity index (χ4n) is 2.23. The van der Waals surface area contributed by atoms with E-state index in [0.29, 0.717) is 22.6 Å². The average molecular weight is 309 g/mol. The van der Waals surface area contributed by atoms with Gasteiger partial charge in [-0.1, -0.05) is 37.6 Å². The molecule has 0 N–H and O–H groups in total. The Hall–Kier alpha value is -2.80. The second-order valence-electron chi connectivity index (χ2n) is 5.14. The maximum absolute atomic E-state index is 12.2. The van der Waals surface area contributed by atoms with E-state index in [4.69, 9.17) is 14.7 Å². The molecule has 2 aromatic carbocycles. The molecule has 0 aliphatic carbocycles. The number of nitriles is 1. The minimum atomic E-state index is -0.0977. The van der Waals surface area contributed by atoms with E-state index in [1.165, 1.54) is 12.7 Å². The van der Waals surface area contributed by atoms with Crippen molar-refractivity contribution in [1.82, 2.24) is 0 Å². The third kappa shape index (κ3) is 4.33. The first-order valence-electron chi connectivity index (χ1n) is 7.51. The highest BCUT2D eigenvalue weighted by Gasteiger charge is 2.10. The summed E-state index contributed by atoms with van der Waals surface area (Å²) in [6.07, 6.45) is 2.09. The fraction of sp³-hybridized carbons (Fsp3) is 0.263. The van der Waals surface area contributed by atoms with Crippen molar-refractivity contribution in [1.29, 1.82) is 5.26 Å². The quantitative estimate of drug-likeness (QED) is 0.730. The fourth-order valence-corrected chi connectivity index (χ4v) is 2.23. The zero-order valence-electron chi connectivity index (χ0n) is 13.3. The van der Waals surface area contributed by atoms with Crippen LogP contribution in [0.4, 0.5) is 0 Å². The SMILES string of the molecule is CCCc1ccc(C(=O)COc2ccc(C#N)cc2OC)cc1. The number of ether oxygens (including phenoxy) is 2. The summed E-state index contributed by atoms with van der Waals surface area (Å²) in [5.74, 6) is 0.789. The van der Waals surface area contributed by atoms with Gasteiger partial charge < -0.3 is 9.47 Å². The number of carbonyl (C=O) groups is 1. The predicted octanol–water partition coefficient (Wildman–Crippen LogP) is 3.78. The molecule has 4 nitrogen and oxygen atoms in total. The van der Waals surface area contributed by atoms with Gasteiger partial charge in [-0.15, -0.1) is 0 Å². The Balaban J connectivity index is 2.03. The van der Waals surface area contributed by atoms with Gasteiger partial charge in [-0.05, 0) is 24.1 Å². The Morgan fingerprint density at radius 1 is 1.13 bits per heavy atom. The van der Waals surface area contributed by atoms with Gasteiger partial charge in [0, 0.05) is 11.6 Å². The number of hydrogen-bond acceptors (Lipinski definition) is 4. The largest absolute Gasteiger partial charge is 0.493 e. The first kappa shape index (κ1) is 16.6. The number of rotatable bonds is 7. The molecule has 2 rings (SSSR count). The molecule has 4 heteroatoms. The zero-order chi connectivity index (χ0) is 16.7. The zero-order valence-corrected chi connectivity index (χ0v) is 13.3. The van der Waals surface area contributed by atoms with Crippen molar-refractivity contribution in [3.05, 3.63) is 59.2 Å². The number of hydrogen-bond donors (Lipinski definition) is 0.